The summed E-state index contributed by atoms with van der Waals surface area (Å²) in [6, 6.07) is 0. The minimum atomic E-state index is -2.15. The number of carbonyl (C=O) groups is 1. The molecule has 0 N–H and O–H groups in total. The third-order valence-electron chi connectivity index (χ3n) is 1.91. The van der Waals surface area contributed by atoms with Crippen molar-refractivity contribution >= 4 is 4.17 Å². The number of rotatable bonds is 3. The molecule has 0 aromatic carbocycles. The third-order valence-corrected chi connectivity index (χ3v) is 10.4. The van der Waals surface area contributed by atoms with Gasteiger partial charge in [0.25, 0.3) is 0 Å². The van der Waals surface area contributed by atoms with Crippen molar-refractivity contribution in [3.63, 3.8) is 0 Å². The number of carbonyl (C=O) groups excluding carboxylic acids is 1. The summed E-state index contributed by atoms with van der Waals surface area (Å²) in [5, 5.41) is 4.38. The van der Waals surface area contributed by atoms with Gasteiger partial charge < -0.3 is 0 Å². The Kier molecular flexibility index (Phi) is 3.06. The summed E-state index contributed by atoms with van der Waals surface area (Å²) in [6.07, 6.45) is 8.09. The summed E-state index contributed by atoms with van der Waals surface area (Å²) in [5.41, 5.74) is 0. The minimum absolute atomic E-state index is 0.512. The summed E-state index contributed by atoms with van der Waals surface area (Å²) in [5.74, 6) is 0. The Labute approximate surface area is 77.7 Å². The summed E-state index contributed by atoms with van der Waals surface area (Å²) in [7, 11) is 0. The first-order valence-corrected chi connectivity index (χ1v) is 10.7. The van der Waals surface area contributed by atoms with Crippen LogP contribution in [0.25, 0.3) is 0 Å². The second-order valence-corrected chi connectivity index (χ2v) is 13.0. The van der Waals surface area contributed by atoms with Crippen LogP contribution in [0, 0.1) is 0 Å². The molecular weight excluding hydrogens is 331 g/mol. The Morgan fingerprint density at radius 3 is 2.67 bits per heavy atom. The molecule has 0 fully saturated rings. The van der Waals surface area contributed by atoms with E-state index in [0.29, 0.717) is 10.6 Å². The molecule has 1 nitrogen and oxygen atoms in total. The summed E-state index contributed by atoms with van der Waals surface area (Å²) >= 11 is -2.15. The molecule has 0 atom stereocenters. The van der Waals surface area contributed by atoms with Crippen LogP contribution in [-0.4, -0.2) is 4.17 Å². The molecule has 1 aliphatic rings. The molecular formula is C10H16OPt. The molecule has 72 valence electrons. The average molecular weight is 347 g/mol. The van der Waals surface area contributed by atoms with Gasteiger partial charge in [0.05, 0.1) is 0 Å². The molecule has 0 heterocycles. The van der Waals surface area contributed by atoms with Crippen LogP contribution in [0.3, 0.4) is 0 Å². The van der Waals surface area contributed by atoms with Gasteiger partial charge in [-0.1, -0.05) is 0 Å². The molecule has 0 spiro atoms. The van der Waals surface area contributed by atoms with Gasteiger partial charge in [-0.3, -0.25) is 0 Å². The van der Waals surface area contributed by atoms with Gasteiger partial charge in [0.2, 0.25) is 0 Å². The maximum absolute atomic E-state index is 11.6. The van der Waals surface area contributed by atoms with Crippen LogP contribution >= 0.6 is 0 Å². The van der Waals surface area contributed by atoms with E-state index in [4.69, 9.17) is 0 Å². The van der Waals surface area contributed by atoms with Gasteiger partial charge in [0, 0.05) is 0 Å². The molecule has 2 heteroatoms. The topological polar surface area (TPSA) is 17.1 Å². The Hall–Kier alpha value is -0.162. The van der Waals surface area contributed by atoms with Gasteiger partial charge in [-0.2, -0.15) is 0 Å². The Balaban J connectivity index is 2.78. The normalized spacial score (nSPS) is 17.8. The Morgan fingerprint density at radius 1 is 1.58 bits per heavy atom. The van der Waals surface area contributed by atoms with Gasteiger partial charge in [0.15, 0.2) is 0 Å². The fourth-order valence-electron chi connectivity index (χ4n) is 1.09. The van der Waals surface area contributed by atoms with Crippen molar-refractivity contribution in [2.24, 2.45) is 0 Å². The first kappa shape index (κ1) is 9.92. The van der Waals surface area contributed by atoms with E-state index in [9.17, 15) is 4.79 Å². The fourth-order valence-corrected chi connectivity index (χ4v) is 6.51. The molecule has 0 aliphatic heterocycles. The van der Waals surface area contributed by atoms with Crippen LogP contribution in [0.1, 0.15) is 19.8 Å². The first-order chi connectivity index (χ1) is 5.59. The zero-order chi connectivity index (χ0) is 9.19. The molecule has 1 rings (SSSR count). The van der Waals surface area contributed by atoms with Crippen LogP contribution in [-0.2, 0) is 20.9 Å². The first-order valence-electron chi connectivity index (χ1n) is 3.93. The third kappa shape index (κ3) is 1.77. The van der Waals surface area contributed by atoms with Gasteiger partial charge in [-0.05, 0) is 0 Å². The molecule has 0 saturated heterocycles. The van der Waals surface area contributed by atoms with E-state index >= 15 is 0 Å². The van der Waals surface area contributed by atoms with Crippen molar-refractivity contribution in [3.8, 4) is 0 Å². The Bertz CT molecular complexity index is 249. The van der Waals surface area contributed by atoms with Crippen molar-refractivity contribution in [1.29, 1.82) is 0 Å². The average Bonchev–Trinajstić information content (AvgIpc) is 2.55. The van der Waals surface area contributed by atoms with Crippen LogP contribution in [0.2, 0.25) is 10.6 Å². The van der Waals surface area contributed by atoms with E-state index in [2.05, 4.69) is 28.9 Å². The quantitative estimate of drug-likeness (QED) is 0.767. The molecule has 0 amide bonds. The van der Waals surface area contributed by atoms with Crippen molar-refractivity contribution in [3.05, 3.63) is 22.2 Å². The summed E-state index contributed by atoms with van der Waals surface area (Å²) < 4.78 is 1.94. The second kappa shape index (κ2) is 3.70. The zero-order valence-corrected chi connectivity index (χ0v) is 10.1. The van der Waals surface area contributed by atoms with Crippen molar-refractivity contribution < 1.29 is 20.9 Å². The van der Waals surface area contributed by atoms with Crippen molar-refractivity contribution in [2.45, 2.75) is 30.4 Å². The van der Waals surface area contributed by atoms with Gasteiger partial charge >= 0.3 is 77.6 Å². The monoisotopic (exact) mass is 347 g/mol. The summed E-state index contributed by atoms with van der Waals surface area (Å²) in [6.45, 7) is 1.97. The predicted octanol–water partition coefficient (Wildman–Crippen LogP) is 3.02. The molecule has 0 aromatic heterocycles. The van der Waals surface area contributed by atoms with Crippen molar-refractivity contribution in [1.82, 2.24) is 0 Å². The van der Waals surface area contributed by atoms with Crippen LogP contribution in [0.15, 0.2) is 22.2 Å². The molecule has 0 aromatic rings. The second-order valence-electron chi connectivity index (χ2n) is 2.91. The van der Waals surface area contributed by atoms with E-state index in [1.807, 2.05) is 6.92 Å². The van der Waals surface area contributed by atoms with Crippen LogP contribution in [0.5, 0.6) is 0 Å². The van der Waals surface area contributed by atoms with Gasteiger partial charge in [-0.25, -0.2) is 0 Å². The molecule has 0 unspecified atom stereocenters. The number of hydrogen-bond donors (Lipinski definition) is 0. The maximum atomic E-state index is 11.6. The van der Waals surface area contributed by atoms with Crippen molar-refractivity contribution in [2.75, 3.05) is 0 Å². The van der Waals surface area contributed by atoms with Crippen LogP contribution < -0.4 is 0 Å². The standard InChI is InChI=1S/C5H5.C3H5O.2CH3.Pt/c1-2-4-5-3-1;1-2-3-4;;;/h1-3H,4H2;2H2,1H3;2*1H3;. The van der Waals surface area contributed by atoms with E-state index in [-0.39, 0.29) is 0 Å². The van der Waals surface area contributed by atoms with E-state index < -0.39 is 16.1 Å². The predicted molar refractivity (Wildman–Crippen MR) is 48.9 cm³/mol. The molecule has 1 aliphatic carbocycles. The zero-order valence-electron chi connectivity index (χ0n) is 7.87. The summed E-state index contributed by atoms with van der Waals surface area (Å²) in [4.78, 5) is 11.6. The SMILES string of the molecule is CC[C](=O)[Pt]([CH3])([CH3])[C]1=CC=CC1. The number of hydrogen-bond acceptors (Lipinski definition) is 1. The Morgan fingerprint density at radius 2 is 2.25 bits per heavy atom. The van der Waals surface area contributed by atoms with E-state index in [1.165, 1.54) is 3.96 Å². The van der Waals surface area contributed by atoms with E-state index in [1.54, 1.807) is 0 Å². The molecule has 0 bridgehead atoms. The number of allylic oxidation sites excluding steroid dienone is 4. The molecule has 0 saturated carbocycles. The van der Waals surface area contributed by atoms with Gasteiger partial charge in [0.1, 0.15) is 0 Å². The van der Waals surface area contributed by atoms with E-state index in [0.717, 1.165) is 6.42 Å². The fraction of sp³-hybridized carbons (Fsp3) is 0.500. The van der Waals surface area contributed by atoms with Gasteiger partial charge in [-0.15, -0.1) is 0 Å². The van der Waals surface area contributed by atoms with Crippen LogP contribution in [0.4, 0.5) is 0 Å². The molecule has 0 radical (unpaired) electrons. The molecule has 12 heavy (non-hydrogen) atoms.